The van der Waals surface area contributed by atoms with E-state index in [4.69, 9.17) is 4.74 Å². The zero-order valence-electron chi connectivity index (χ0n) is 21.7. The topological polar surface area (TPSA) is 78.9 Å². The summed E-state index contributed by atoms with van der Waals surface area (Å²) in [5.41, 5.74) is 3.28. The van der Waals surface area contributed by atoms with Crippen molar-refractivity contribution in [2.45, 2.75) is 10.9 Å². The van der Waals surface area contributed by atoms with Crippen molar-refractivity contribution in [2.24, 2.45) is 0 Å². The summed E-state index contributed by atoms with van der Waals surface area (Å²) >= 11 is 0. The lowest BCUT2D eigenvalue weighted by molar-refractivity contribution is 0.102. The van der Waals surface area contributed by atoms with E-state index in [2.05, 4.69) is 34.5 Å². The van der Waals surface area contributed by atoms with Gasteiger partial charge in [0.1, 0.15) is 5.75 Å². The van der Waals surface area contributed by atoms with E-state index >= 15 is 0 Å². The number of benzene rings is 4. The number of nitrogens with zero attached hydrogens (tertiary/aromatic N) is 2. The van der Waals surface area contributed by atoms with Gasteiger partial charge in [-0.3, -0.25) is 9.69 Å². The molecule has 0 saturated carbocycles. The average Bonchev–Trinajstić information content (AvgIpc) is 2.99. The first-order valence-electron chi connectivity index (χ1n) is 12.9. The molecule has 0 unspecified atom stereocenters. The average molecular weight is 542 g/mol. The predicted molar refractivity (Wildman–Crippen MR) is 152 cm³/mol. The van der Waals surface area contributed by atoms with Crippen molar-refractivity contribution in [3.05, 3.63) is 126 Å². The number of hydrogen-bond donors (Lipinski definition) is 1. The van der Waals surface area contributed by atoms with Gasteiger partial charge >= 0.3 is 0 Å². The molecule has 200 valence electrons. The minimum Gasteiger partial charge on any atom is -0.496 e. The van der Waals surface area contributed by atoms with Gasteiger partial charge in [0, 0.05) is 31.9 Å². The molecule has 0 aliphatic carbocycles. The SMILES string of the molecule is COc1ccccc1C(=O)Nc1ccc(S(=O)(=O)N2CCN(C(c3ccccc3)c3ccccc3)CC2)cc1. The van der Waals surface area contributed by atoms with Crippen LogP contribution in [-0.4, -0.2) is 56.8 Å². The second kappa shape index (κ2) is 11.8. The highest BCUT2D eigenvalue weighted by atomic mass is 32.2. The molecule has 39 heavy (non-hydrogen) atoms. The van der Waals surface area contributed by atoms with Crippen LogP contribution in [0.5, 0.6) is 5.75 Å². The van der Waals surface area contributed by atoms with Gasteiger partial charge in [0.2, 0.25) is 10.0 Å². The van der Waals surface area contributed by atoms with E-state index in [9.17, 15) is 13.2 Å². The normalized spacial score (nSPS) is 14.7. The number of nitrogens with one attached hydrogen (secondary N) is 1. The minimum absolute atomic E-state index is 0.0587. The fourth-order valence-electron chi connectivity index (χ4n) is 4.98. The maximum Gasteiger partial charge on any atom is 0.259 e. The lowest BCUT2D eigenvalue weighted by Gasteiger charge is -2.39. The Morgan fingerprint density at radius 1 is 0.744 bits per heavy atom. The molecular formula is C31H31N3O4S. The molecule has 7 nitrogen and oxygen atoms in total. The predicted octanol–water partition coefficient (Wildman–Crippen LogP) is 5.04. The van der Waals surface area contributed by atoms with Crippen LogP contribution in [0.15, 0.2) is 114 Å². The number of ether oxygens (including phenoxy) is 1. The molecule has 5 rings (SSSR count). The highest BCUT2D eigenvalue weighted by Crippen LogP contribution is 2.30. The minimum atomic E-state index is -3.67. The lowest BCUT2D eigenvalue weighted by Crippen LogP contribution is -2.49. The molecule has 1 aliphatic rings. The summed E-state index contributed by atoms with van der Waals surface area (Å²) in [6, 6.07) is 33.9. The van der Waals surface area contributed by atoms with Crippen LogP contribution in [0.4, 0.5) is 5.69 Å². The zero-order valence-corrected chi connectivity index (χ0v) is 22.6. The molecule has 1 amide bonds. The molecule has 4 aromatic rings. The van der Waals surface area contributed by atoms with E-state index < -0.39 is 10.0 Å². The quantitative estimate of drug-likeness (QED) is 0.338. The maximum absolute atomic E-state index is 13.4. The van der Waals surface area contributed by atoms with Gasteiger partial charge in [-0.1, -0.05) is 72.8 Å². The smallest absolute Gasteiger partial charge is 0.259 e. The summed E-state index contributed by atoms with van der Waals surface area (Å²) in [5.74, 6) is 0.140. The van der Waals surface area contributed by atoms with Crippen LogP contribution in [0.2, 0.25) is 0 Å². The highest BCUT2D eigenvalue weighted by molar-refractivity contribution is 7.89. The number of rotatable bonds is 8. The standard InChI is InChI=1S/C31H31N3O4S/c1-38-29-15-9-8-14-28(29)31(35)32-26-16-18-27(19-17-26)39(36,37)34-22-20-33(21-23-34)30(24-10-4-2-5-11-24)25-12-6-3-7-13-25/h2-19,30H,20-23H2,1H3,(H,32,35). The lowest BCUT2D eigenvalue weighted by atomic mass is 9.96. The first-order valence-corrected chi connectivity index (χ1v) is 14.3. The van der Waals surface area contributed by atoms with Crippen molar-refractivity contribution in [1.29, 1.82) is 0 Å². The third-order valence-electron chi connectivity index (χ3n) is 6.97. The van der Waals surface area contributed by atoms with E-state index in [0.29, 0.717) is 43.2 Å². The van der Waals surface area contributed by atoms with Crippen molar-refractivity contribution in [2.75, 3.05) is 38.6 Å². The van der Waals surface area contributed by atoms with Crippen LogP contribution in [0.3, 0.4) is 0 Å². The van der Waals surface area contributed by atoms with Gasteiger partial charge in [-0.15, -0.1) is 0 Å². The third kappa shape index (κ3) is 5.88. The first kappa shape index (κ1) is 26.6. The molecule has 1 heterocycles. The number of sulfonamides is 1. The Balaban J connectivity index is 1.27. The molecule has 0 spiro atoms. The van der Waals surface area contributed by atoms with Gasteiger partial charge in [0.25, 0.3) is 5.91 Å². The summed E-state index contributed by atoms with van der Waals surface area (Å²) in [7, 11) is -2.17. The molecular weight excluding hydrogens is 510 g/mol. The number of para-hydroxylation sites is 1. The largest absolute Gasteiger partial charge is 0.496 e. The molecule has 0 bridgehead atoms. The number of methoxy groups -OCH3 is 1. The Labute approximate surface area is 229 Å². The number of piperazine rings is 1. The van der Waals surface area contributed by atoms with E-state index in [-0.39, 0.29) is 16.8 Å². The van der Waals surface area contributed by atoms with E-state index in [0.717, 1.165) is 0 Å². The summed E-state index contributed by atoms with van der Waals surface area (Å²) in [6.45, 7) is 2.01. The van der Waals surface area contributed by atoms with Crippen LogP contribution in [0, 0.1) is 0 Å². The van der Waals surface area contributed by atoms with Crippen LogP contribution in [0.1, 0.15) is 27.5 Å². The third-order valence-corrected chi connectivity index (χ3v) is 8.88. The van der Waals surface area contributed by atoms with Crippen LogP contribution in [0.25, 0.3) is 0 Å². The van der Waals surface area contributed by atoms with Gasteiger partial charge < -0.3 is 10.1 Å². The molecule has 0 radical (unpaired) electrons. The number of hydrogen-bond acceptors (Lipinski definition) is 5. The Hall–Kier alpha value is -3.98. The van der Waals surface area contributed by atoms with Gasteiger partial charge in [0.15, 0.2) is 0 Å². The monoisotopic (exact) mass is 541 g/mol. The van der Waals surface area contributed by atoms with Gasteiger partial charge in [0.05, 0.1) is 23.6 Å². The Bertz CT molecular complexity index is 1460. The molecule has 1 fully saturated rings. The summed E-state index contributed by atoms with van der Waals surface area (Å²) in [4.78, 5) is 15.2. The van der Waals surface area contributed by atoms with Crippen LogP contribution < -0.4 is 10.1 Å². The van der Waals surface area contributed by atoms with Gasteiger partial charge in [-0.2, -0.15) is 4.31 Å². The molecule has 8 heteroatoms. The zero-order chi connectivity index (χ0) is 27.2. The number of carbonyl (C=O) groups excluding carboxylic acids is 1. The maximum atomic E-state index is 13.4. The molecule has 0 atom stereocenters. The Kier molecular flexibility index (Phi) is 8.07. The number of anilines is 1. The number of carbonyl (C=O) groups is 1. The van der Waals surface area contributed by atoms with Crippen molar-refractivity contribution in [1.82, 2.24) is 9.21 Å². The molecule has 0 aromatic heterocycles. The van der Waals surface area contributed by atoms with Gasteiger partial charge in [-0.25, -0.2) is 8.42 Å². The van der Waals surface area contributed by atoms with E-state index in [1.54, 1.807) is 40.7 Å². The molecule has 1 aliphatic heterocycles. The van der Waals surface area contributed by atoms with E-state index in [1.807, 2.05) is 36.4 Å². The molecule has 4 aromatic carbocycles. The van der Waals surface area contributed by atoms with Crippen LogP contribution in [-0.2, 0) is 10.0 Å². The summed E-state index contributed by atoms with van der Waals surface area (Å²) in [6.07, 6.45) is 0. The Morgan fingerprint density at radius 2 is 1.28 bits per heavy atom. The number of amides is 1. The fourth-order valence-corrected chi connectivity index (χ4v) is 6.40. The van der Waals surface area contributed by atoms with Crippen molar-refractivity contribution >= 4 is 21.6 Å². The second-order valence-electron chi connectivity index (χ2n) is 9.34. The van der Waals surface area contributed by atoms with Crippen LogP contribution >= 0.6 is 0 Å². The second-order valence-corrected chi connectivity index (χ2v) is 11.3. The molecule has 1 N–H and O–H groups in total. The first-order chi connectivity index (χ1) is 19.0. The van der Waals surface area contributed by atoms with Crippen molar-refractivity contribution in [3.63, 3.8) is 0 Å². The Morgan fingerprint density at radius 3 is 1.85 bits per heavy atom. The summed E-state index contributed by atoms with van der Waals surface area (Å²) in [5, 5.41) is 2.81. The highest BCUT2D eigenvalue weighted by Gasteiger charge is 2.32. The van der Waals surface area contributed by atoms with Gasteiger partial charge in [-0.05, 0) is 47.5 Å². The molecule has 1 saturated heterocycles. The van der Waals surface area contributed by atoms with Crippen molar-refractivity contribution < 1.29 is 17.9 Å². The van der Waals surface area contributed by atoms with E-state index in [1.165, 1.54) is 30.4 Å². The van der Waals surface area contributed by atoms with Crippen molar-refractivity contribution in [3.8, 4) is 5.75 Å². The fraction of sp³-hybridized carbons (Fsp3) is 0.194. The summed E-state index contributed by atoms with van der Waals surface area (Å²) < 4.78 is 33.7.